The number of hydrogen-bond acceptors (Lipinski definition) is 2. The molecule has 5 heteroatoms. The molecule has 0 aliphatic carbocycles. The zero-order valence-electron chi connectivity index (χ0n) is 13.5. The van der Waals surface area contributed by atoms with Crippen LogP contribution in [0.1, 0.15) is 45.0 Å². The van der Waals surface area contributed by atoms with Gasteiger partial charge in [-0.25, -0.2) is 4.79 Å². The summed E-state index contributed by atoms with van der Waals surface area (Å²) in [6, 6.07) is 6.79. The van der Waals surface area contributed by atoms with Gasteiger partial charge in [0, 0.05) is 29.9 Å². The van der Waals surface area contributed by atoms with Crippen LogP contribution in [0, 0.1) is 0 Å². The second-order valence-electron chi connectivity index (χ2n) is 5.89. The first-order chi connectivity index (χ1) is 9.76. The molecule has 0 atom stereocenters. The van der Waals surface area contributed by atoms with Crippen molar-refractivity contribution in [2.75, 3.05) is 18.4 Å². The van der Waals surface area contributed by atoms with Gasteiger partial charge in [-0.15, -0.1) is 0 Å². The molecule has 0 saturated carbocycles. The van der Waals surface area contributed by atoms with Crippen LogP contribution < -0.4 is 10.6 Å². The average Bonchev–Trinajstić information content (AvgIpc) is 2.38. The fraction of sp³-hybridized carbons (Fsp3) is 0.500. The minimum absolute atomic E-state index is 0.151. The lowest BCUT2D eigenvalue weighted by molar-refractivity contribution is 0.0919. The van der Waals surface area contributed by atoms with E-state index in [-0.39, 0.29) is 17.5 Å². The van der Waals surface area contributed by atoms with E-state index >= 15 is 0 Å². The van der Waals surface area contributed by atoms with Crippen molar-refractivity contribution >= 4 is 17.6 Å². The Morgan fingerprint density at radius 1 is 1.14 bits per heavy atom. The molecule has 21 heavy (non-hydrogen) atoms. The Morgan fingerprint density at radius 2 is 1.76 bits per heavy atom. The van der Waals surface area contributed by atoms with E-state index in [1.807, 2.05) is 34.6 Å². The van der Waals surface area contributed by atoms with Gasteiger partial charge in [0.15, 0.2) is 0 Å². The molecular weight excluding hydrogens is 266 g/mol. The maximum atomic E-state index is 12.1. The van der Waals surface area contributed by atoms with Crippen LogP contribution in [0.3, 0.4) is 0 Å². The van der Waals surface area contributed by atoms with Gasteiger partial charge in [0.1, 0.15) is 0 Å². The number of carbonyl (C=O) groups excluding carboxylic acids is 2. The van der Waals surface area contributed by atoms with Gasteiger partial charge in [-0.05, 0) is 52.8 Å². The molecule has 0 aliphatic heterocycles. The molecule has 5 nitrogen and oxygen atoms in total. The van der Waals surface area contributed by atoms with E-state index in [0.29, 0.717) is 24.3 Å². The summed E-state index contributed by atoms with van der Waals surface area (Å²) in [5.41, 5.74) is 0.855. The minimum Gasteiger partial charge on any atom is -0.347 e. The largest absolute Gasteiger partial charge is 0.347 e. The van der Waals surface area contributed by atoms with Gasteiger partial charge in [0.2, 0.25) is 0 Å². The van der Waals surface area contributed by atoms with Crippen LogP contribution in [0.5, 0.6) is 0 Å². The van der Waals surface area contributed by atoms with Crippen LogP contribution in [0.2, 0.25) is 0 Å². The van der Waals surface area contributed by atoms with Gasteiger partial charge in [-0.2, -0.15) is 0 Å². The molecule has 0 saturated heterocycles. The molecule has 1 aromatic rings. The number of amides is 3. The molecule has 0 heterocycles. The Bertz CT molecular complexity index is 502. The summed E-state index contributed by atoms with van der Waals surface area (Å²) in [5, 5.41) is 5.71. The Balaban J connectivity index is 2.81. The molecule has 3 amide bonds. The first kappa shape index (κ1) is 17.0. The van der Waals surface area contributed by atoms with Gasteiger partial charge in [0.25, 0.3) is 5.91 Å². The van der Waals surface area contributed by atoms with Crippen LogP contribution >= 0.6 is 0 Å². The summed E-state index contributed by atoms with van der Waals surface area (Å²) < 4.78 is 0. The molecule has 0 radical (unpaired) electrons. The molecule has 1 rings (SSSR count). The molecule has 0 spiro atoms. The fourth-order valence-corrected chi connectivity index (χ4v) is 1.86. The first-order valence-electron chi connectivity index (χ1n) is 7.25. The smallest absolute Gasteiger partial charge is 0.321 e. The molecule has 1 aromatic carbocycles. The van der Waals surface area contributed by atoms with E-state index < -0.39 is 0 Å². The summed E-state index contributed by atoms with van der Waals surface area (Å²) in [4.78, 5) is 25.8. The van der Waals surface area contributed by atoms with Gasteiger partial charge >= 0.3 is 6.03 Å². The lowest BCUT2D eigenvalue weighted by Gasteiger charge is -2.21. The van der Waals surface area contributed by atoms with Crippen molar-refractivity contribution in [2.45, 2.75) is 40.2 Å². The van der Waals surface area contributed by atoms with Crippen molar-refractivity contribution in [3.05, 3.63) is 29.8 Å². The molecule has 0 fully saturated rings. The standard InChI is InChI=1S/C16H25N3O2/c1-6-19(7-2)15(21)17-13-10-8-9-12(11-13)14(20)18-16(3,4)5/h8-11H,6-7H2,1-5H3,(H,17,21)(H,18,20). The molecule has 116 valence electrons. The molecular formula is C16H25N3O2. The van der Waals surface area contributed by atoms with Gasteiger partial charge in [-0.1, -0.05) is 6.07 Å². The monoisotopic (exact) mass is 291 g/mol. The normalized spacial score (nSPS) is 10.9. The number of urea groups is 1. The number of carbonyl (C=O) groups is 2. The topological polar surface area (TPSA) is 61.4 Å². The third-order valence-corrected chi connectivity index (χ3v) is 2.92. The summed E-state index contributed by atoms with van der Waals surface area (Å²) >= 11 is 0. The molecule has 0 unspecified atom stereocenters. The van der Waals surface area contributed by atoms with Gasteiger partial charge in [0.05, 0.1) is 0 Å². The van der Waals surface area contributed by atoms with Gasteiger partial charge in [-0.3, -0.25) is 4.79 Å². The predicted octanol–water partition coefficient (Wildman–Crippen LogP) is 3.09. The lowest BCUT2D eigenvalue weighted by atomic mass is 10.1. The van der Waals surface area contributed by atoms with Crippen molar-refractivity contribution in [1.29, 1.82) is 0 Å². The van der Waals surface area contributed by atoms with E-state index in [1.165, 1.54) is 0 Å². The quantitative estimate of drug-likeness (QED) is 0.895. The highest BCUT2D eigenvalue weighted by Gasteiger charge is 2.16. The van der Waals surface area contributed by atoms with Crippen molar-refractivity contribution in [3.63, 3.8) is 0 Å². The number of nitrogens with one attached hydrogen (secondary N) is 2. The van der Waals surface area contributed by atoms with Crippen LogP contribution in [0.4, 0.5) is 10.5 Å². The van der Waals surface area contributed by atoms with Crippen molar-refractivity contribution in [2.24, 2.45) is 0 Å². The van der Waals surface area contributed by atoms with E-state index in [4.69, 9.17) is 0 Å². The van der Waals surface area contributed by atoms with Crippen LogP contribution in [-0.4, -0.2) is 35.5 Å². The number of anilines is 1. The lowest BCUT2D eigenvalue weighted by Crippen LogP contribution is -2.40. The summed E-state index contributed by atoms with van der Waals surface area (Å²) in [6.45, 7) is 10.9. The molecule has 2 N–H and O–H groups in total. The third-order valence-electron chi connectivity index (χ3n) is 2.92. The van der Waals surface area contributed by atoms with Crippen molar-refractivity contribution in [3.8, 4) is 0 Å². The summed E-state index contributed by atoms with van der Waals surface area (Å²) in [6.07, 6.45) is 0. The van der Waals surface area contributed by atoms with Crippen LogP contribution in [0.25, 0.3) is 0 Å². The highest BCUT2D eigenvalue weighted by Crippen LogP contribution is 2.13. The zero-order chi connectivity index (χ0) is 16.0. The van der Waals surface area contributed by atoms with Crippen LogP contribution in [-0.2, 0) is 0 Å². The summed E-state index contributed by atoms with van der Waals surface area (Å²) in [5.74, 6) is -0.151. The number of benzene rings is 1. The van der Waals surface area contributed by atoms with E-state index in [0.717, 1.165) is 0 Å². The number of nitrogens with zero attached hydrogens (tertiary/aromatic N) is 1. The predicted molar refractivity (Wildman–Crippen MR) is 85.6 cm³/mol. The maximum absolute atomic E-state index is 12.1. The highest BCUT2D eigenvalue weighted by molar-refractivity contribution is 5.97. The fourth-order valence-electron chi connectivity index (χ4n) is 1.86. The van der Waals surface area contributed by atoms with Gasteiger partial charge < -0.3 is 15.5 Å². The van der Waals surface area contributed by atoms with Crippen molar-refractivity contribution in [1.82, 2.24) is 10.2 Å². The Hall–Kier alpha value is -2.04. The second kappa shape index (κ2) is 7.11. The molecule has 0 aliphatic rings. The van der Waals surface area contributed by atoms with Crippen molar-refractivity contribution < 1.29 is 9.59 Å². The first-order valence-corrected chi connectivity index (χ1v) is 7.25. The molecule has 0 aromatic heterocycles. The Morgan fingerprint density at radius 3 is 2.29 bits per heavy atom. The Kier molecular flexibility index (Phi) is 5.76. The second-order valence-corrected chi connectivity index (χ2v) is 5.89. The van der Waals surface area contributed by atoms with Crippen LogP contribution in [0.15, 0.2) is 24.3 Å². The SMILES string of the molecule is CCN(CC)C(=O)Nc1cccc(C(=O)NC(C)(C)C)c1. The highest BCUT2D eigenvalue weighted by atomic mass is 16.2. The third kappa shape index (κ3) is 5.45. The zero-order valence-corrected chi connectivity index (χ0v) is 13.5. The Labute approximate surface area is 126 Å². The van der Waals surface area contributed by atoms with E-state index in [1.54, 1.807) is 29.2 Å². The average molecular weight is 291 g/mol. The number of hydrogen-bond donors (Lipinski definition) is 2. The number of rotatable bonds is 4. The minimum atomic E-state index is -0.294. The van der Waals surface area contributed by atoms with E-state index in [9.17, 15) is 9.59 Å². The van der Waals surface area contributed by atoms with E-state index in [2.05, 4.69) is 10.6 Å². The maximum Gasteiger partial charge on any atom is 0.321 e. The summed E-state index contributed by atoms with van der Waals surface area (Å²) in [7, 11) is 0. The molecule has 0 bridgehead atoms.